The van der Waals surface area contributed by atoms with Gasteiger partial charge in [-0.2, -0.15) is 0 Å². The molecule has 0 spiro atoms. The van der Waals surface area contributed by atoms with Gasteiger partial charge in [0.05, 0.1) is 5.02 Å². The maximum Gasteiger partial charge on any atom is 0.261 e. The minimum atomic E-state index is -0.635. The van der Waals surface area contributed by atoms with Gasteiger partial charge in [0.2, 0.25) is 5.91 Å². The summed E-state index contributed by atoms with van der Waals surface area (Å²) >= 11 is 15.9. The first kappa shape index (κ1) is 25.5. The van der Waals surface area contributed by atoms with Crippen LogP contribution in [-0.4, -0.2) is 35.9 Å². The molecule has 8 heteroatoms. The quantitative estimate of drug-likeness (QED) is 0.371. The molecule has 0 aromatic heterocycles. The summed E-state index contributed by atoms with van der Waals surface area (Å²) in [7, 11) is 0. The highest BCUT2D eigenvalue weighted by molar-refractivity contribution is 9.10. The van der Waals surface area contributed by atoms with Crippen LogP contribution in [0.3, 0.4) is 0 Å². The van der Waals surface area contributed by atoms with Crippen LogP contribution in [0.5, 0.6) is 5.75 Å². The minimum Gasteiger partial charge on any atom is -0.482 e. The van der Waals surface area contributed by atoms with Crippen molar-refractivity contribution in [3.8, 4) is 5.75 Å². The second kappa shape index (κ2) is 12.9. The van der Waals surface area contributed by atoms with Crippen molar-refractivity contribution in [3.63, 3.8) is 0 Å². The molecule has 5 nitrogen and oxygen atoms in total. The van der Waals surface area contributed by atoms with Crippen LogP contribution in [0.2, 0.25) is 10.0 Å². The zero-order valence-corrected chi connectivity index (χ0v) is 20.8. The van der Waals surface area contributed by atoms with E-state index < -0.39 is 6.04 Å². The van der Waals surface area contributed by atoms with Crippen molar-refractivity contribution in [1.29, 1.82) is 0 Å². The Balaban J connectivity index is 2.21. The monoisotopic (exact) mass is 528 g/mol. The number of rotatable bonds is 11. The summed E-state index contributed by atoms with van der Waals surface area (Å²) in [6.45, 7) is 4.47. The Labute approximate surface area is 202 Å². The first-order chi connectivity index (χ1) is 14.9. The van der Waals surface area contributed by atoms with E-state index in [1.165, 1.54) is 4.90 Å². The molecule has 0 unspecified atom stereocenters. The van der Waals surface area contributed by atoms with Crippen LogP contribution in [0.25, 0.3) is 0 Å². The zero-order valence-electron chi connectivity index (χ0n) is 17.7. The van der Waals surface area contributed by atoms with Gasteiger partial charge >= 0.3 is 0 Å². The summed E-state index contributed by atoms with van der Waals surface area (Å²) in [5, 5.41) is 3.86. The van der Waals surface area contributed by atoms with Crippen LogP contribution >= 0.6 is 39.1 Å². The molecule has 0 aliphatic rings. The lowest BCUT2D eigenvalue weighted by Crippen LogP contribution is -2.50. The van der Waals surface area contributed by atoms with Gasteiger partial charge in [0.15, 0.2) is 6.61 Å². The summed E-state index contributed by atoms with van der Waals surface area (Å²) < 4.78 is 6.48. The van der Waals surface area contributed by atoms with Gasteiger partial charge in [0, 0.05) is 22.6 Å². The molecule has 2 aromatic rings. The summed E-state index contributed by atoms with van der Waals surface area (Å²) in [4.78, 5) is 27.5. The van der Waals surface area contributed by atoms with Crippen molar-refractivity contribution in [3.05, 3.63) is 62.5 Å². The topological polar surface area (TPSA) is 58.6 Å². The smallest absolute Gasteiger partial charge is 0.261 e. The third kappa shape index (κ3) is 7.70. The SMILES string of the molecule is CCCCNC(=O)[C@@H](CC)N(Cc1ccccc1Cl)C(=O)COc1ccc(Br)cc1Cl. The molecule has 1 N–H and O–H groups in total. The van der Waals surface area contributed by atoms with E-state index in [0.29, 0.717) is 28.8 Å². The van der Waals surface area contributed by atoms with E-state index >= 15 is 0 Å². The van der Waals surface area contributed by atoms with Crippen molar-refractivity contribution in [1.82, 2.24) is 10.2 Å². The van der Waals surface area contributed by atoms with Gasteiger partial charge in [0.25, 0.3) is 5.91 Å². The zero-order chi connectivity index (χ0) is 22.8. The highest BCUT2D eigenvalue weighted by atomic mass is 79.9. The van der Waals surface area contributed by atoms with Crippen LogP contribution in [0.15, 0.2) is 46.9 Å². The van der Waals surface area contributed by atoms with Gasteiger partial charge in [-0.25, -0.2) is 0 Å². The van der Waals surface area contributed by atoms with Crippen LogP contribution in [0.4, 0.5) is 0 Å². The molecule has 2 aromatic carbocycles. The second-order valence-electron chi connectivity index (χ2n) is 7.05. The molecule has 0 fully saturated rings. The van der Waals surface area contributed by atoms with E-state index in [1.54, 1.807) is 24.3 Å². The lowest BCUT2D eigenvalue weighted by Gasteiger charge is -2.31. The number of hydrogen-bond donors (Lipinski definition) is 1. The highest BCUT2D eigenvalue weighted by Gasteiger charge is 2.29. The van der Waals surface area contributed by atoms with Crippen LogP contribution in [-0.2, 0) is 16.1 Å². The average Bonchev–Trinajstić information content (AvgIpc) is 2.74. The Morgan fingerprint density at radius 3 is 2.52 bits per heavy atom. The van der Waals surface area contributed by atoms with Crippen LogP contribution in [0.1, 0.15) is 38.7 Å². The van der Waals surface area contributed by atoms with Crippen molar-refractivity contribution < 1.29 is 14.3 Å². The first-order valence-corrected chi connectivity index (χ1v) is 11.8. The maximum atomic E-state index is 13.2. The molecule has 0 saturated heterocycles. The minimum absolute atomic E-state index is 0.182. The third-order valence-corrected chi connectivity index (χ3v) is 5.92. The summed E-state index contributed by atoms with van der Waals surface area (Å²) in [6, 6.07) is 11.8. The largest absolute Gasteiger partial charge is 0.482 e. The van der Waals surface area contributed by atoms with Gasteiger partial charge in [-0.3, -0.25) is 9.59 Å². The number of carbonyl (C=O) groups excluding carboxylic acids is 2. The Morgan fingerprint density at radius 1 is 1.13 bits per heavy atom. The molecular weight excluding hydrogens is 503 g/mol. The lowest BCUT2D eigenvalue weighted by atomic mass is 10.1. The first-order valence-electron chi connectivity index (χ1n) is 10.3. The van der Waals surface area contributed by atoms with Gasteiger partial charge in [0.1, 0.15) is 11.8 Å². The highest BCUT2D eigenvalue weighted by Crippen LogP contribution is 2.28. The number of nitrogens with one attached hydrogen (secondary N) is 1. The van der Waals surface area contributed by atoms with E-state index in [-0.39, 0.29) is 25.0 Å². The molecule has 0 radical (unpaired) electrons. The Hall–Kier alpha value is -1.76. The van der Waals surface area contributed by atoms with E-state index in [2.05, 4.69) is 28.2 Å². The van der Waals surface area contributed by atoms with Gasteiger partial charge in [-0.15, -0.1) is 0 Å². The number of carbonyl (C=O) groups is 2. The molecule has 1 atom stereocenters. The molecule has 31 heavy (non-hydrogen) atoms. The van der Waals surface area contributed by atoms with Crippen LogP contribution < -0.4 is 10.1 Å². The summed E-state index contributed by atoms with van der Waals surface area (Å²) in [5.74, 6) is -0.106. The predicted molar refractivity (Wildman–Crippen MR) is 129 cm³/mol. The number of benzene rings is 2. The van der Waals surface area contributed by atoms with Crippen molar-refractivity contribution in [2.75, 3.05) is 13.2 Å². The summed E-state index contributed by atoms with van der Waals surface area (Å²) in [6.07, 6.45) is 2.32. The van der Waals surface area contributed by atoms with Crippen LogP contribution in [0, 0.1) is 0 Å². The number of amides is 2. The normalized spacial score (nSPS) is 11.6. The number of halogens is 3. The molecule has 168 valence electrons. The van der Waals surface area contributed by atoms with E-state index in [1.807, 2.05) is 25.1 Å². The van der Waals surface area contributed by atoms with E-state index in [0.717, 1.165) is 22.9 Å². The summed E-state index contributed by atoms with van der Waals surface area (Å²) in [5.41, 5.74) is 0.763. The molecule has 0 saturated carbocycles. The molecule has 0 bridgehead atoms. The number of nitrogens with zero attached hydrogens (tertiary/aromatic N) is 1. The van der Waals surface area contributed by atoms with Gasteiger partial charge in [-0.1, -0.05) is 77.6 Å². The van der Waals surface area contributed by atoms with Crippen molar-refractivity contribution in [2.24, 2.45) is 0 Å². The lowest BCUT2D eigenvalue weighted by molar-refractivity contribution is -0.143. The van der Waals surface area contributed by atoms with E-state index in [4.69, 9.17) is 27.9 Å². The second-order valence-corrected chi connectivity index (χ2v) is 8.78. The molecule has 2 rings (SSSR count). The molecule has 0 aliphatic carbocycles. The molecule has 0 aliphatic heterocycles. The van der Waals surface area contributed by atoms with Gasteiger partial charge in [-0.05, 0) is 42.7 Å². The Morgan fingerprint density at radius 2 is 1.87 bits per heavy atom. The fourth-order valence-electron chi connectivity index (χ4n) is 3.05. The predicted octanol–water partition coefficient (Wildman–Crippen LogP) is 5.86. The fourth-order valence-corrected chi connectivity index (χ4v) is 3.97. The standard InChI is InChI=1S/C23H27BrCl2N2O3/c1-3-5-12-27-23(30)20(4-2)28(14-16-8-6-7-9-18(16)25)22(29)15-31-21-11-10-17(24)13-19(21)26/h6-11,13,20H,3-5,12,14-15H2,1-2H3,(H,27,30)/t20-/m1/s1. The number of ether oxygens (including phenoxy) is 1. The number of hydrogen-bond acceptors (Lipinski definition) is 3. The average molecular weight is 530 g/mol. The Bertz CT molecular complexity index is 895. The van der Waals surface area contributed by atoms with Gasteiger partial charge < -0.3 is 15.0 Å². The van der Waals surface area contributed by atoms with Crippen molar-refractivity contribution in [2.45, 2.75) is 45.7 Å². The van der Waals surface area contributed by atoms with E-state index in [9.17, 15) is 9.59 Å². The number of unbranched alkanes of at least 4 members (excludes halogenated alkanes) is 1. The fraction of sp³-hybridized carbons (Fsp3) is 0.391. The maximum absolute atomic E-state index is 13.2. The van der Waals surface area contributed by atoms with Crippen molar-refractivity contribution >= 4 is 50.9 Å². The third-order valence-electron chi connectivity index (χ3n) is 4.76. The molecule has 2 amide bonds. The molecular formula is C23H27BrCl2N2O3. The Kier molecular flexibility index (Phi) is 10.6. The molecule has 0 heterocycles.